The number of hydrogen-bond acceptors (Lipinski definition) is 10. The molecule has 1 aliphatic carbocycles. The summed E-state index contributed by atoms with van der Waals surface area (Å²) in [4.78, 5) is 12.5. The van der Waals surface area contributed by atoms with Crippen molar-refractivity contribution in [2.24, 2.45) is 5.92 Å². The summed E-state index contributed by atoms with van der Waals surface area (Å²) >= 11 is 7.22. The van der Waals surface area contributed by atoms with Crippen LogP contribution < -0.4 is 5.73 Å². The van der Waals surface area contributed by atoms with Crippen LogP contribution in [0.4, 0.5) is 10.2 Å². The summed E-state index contributed by atoms with van der Waals surface area (Å²) in [6.07, 6.45) is -1.28. The molecule has 1 aliphatic heterocycles. The van der Waals surface area contributed by atoms with Gasteiger partial charge in [0.2, 0.25) is 11.8 Å². The molecule has 1 saturated heterocycles. The zero-order valence-electron chi connectivity index (χ0n) is 24.3. The van der Waals surface area contributed by atoms with E-state index in [-0.39, 0.29) is 17.5 Å². The molecule has 2 aromatic heterocycles. The number of allylic oxidation sites excluding steroid dienone is 1. The lowest BCUT2D eigenvalue weighted by Crippen LogP contribution is -2.44. The minimum atomic E-state index is -2.16. The van der Waals surface area contributed by atoms with Gasteiger partial charge in [-0.05, 0) is 57.2 Å². The van der Waals surface area contributed by atoms with Gasteiger partial charge in [-0.2, -0.15) is 0 Å². The topological polar surface area (TPSA) is 118 Å². The number of alkyl halides is 1. The van der Waals surface area contributed by atoms with Crippen LogP contribution in [0, 0.1) is 5.92 Å². The van der Waals surface area contributed by atoms with Crippen molar-refractivity contribution in [2.45, 2.75) is 107 Å². The van der Waals surface area contributed by atoms with E-state index in [9.17, 15) is 5.11 Å². The first-order valence-electron chi connectivity index (χ1n) is 13.6. The maximum atomic E-state index is 16.3. The molecule has 3 N–H and O–H groups in total. The van der Waals surface area contributed by atoms with E-state index in [1.54, 1.807) is 0 Å². The SMILES string of the molecule is C=C(C)[C@@H]1CC[C@](C)(S[P+](=S)O[C@H]2[C@@H](F)[C@H](n3cnc4c(N)ncnc43)O[C@@H]2CO[Si](C)(C)C(C)(C)C)[C@@H](O)C1. The monoisotopic (exact) mass is 630 g/mol. The summed E-state index contributed by atoms with van der Waals surface area (Å²) in [5.74, 6) is 0.501. The summed E-state index contributed by atoms with van der Waals surface area (Å²) in [7, 11) is -2.16. The molecule has 1 saturated carbocycles. The van der Waals surface area contributed by atoms with Crippen molar-refractivity contribution in [1.82, 2.24) is 19.5 Å². The molecule has 14 heteroatoms. The van der Waals surface area contributed by atoms with Gasteiger partial charge in [-0.1, -0.05) is 32.9 Å². The predicted octanol–water partition coefficient (Wildman–Crippen LogP) is 6.05. The summed E-state index contributed by atoms with van der Waals surface area (Å²) < 4.78 is 36.4. The number of ether oxygens (including phenoxy) is 1. The van der Waals surface area contributed by atoms with E-state index in [4.69, 9.17) is 31.2 Å². The third-order valence-electron chi connectivity index (χ3n) is 8.73. The highest BCUT2D eigenvalue weighted by atomic mass is 32.9. The minimum Gasteiger partial charge on any atom is -0.414 e. The van der Waals surface area contributed by atoms with Crippen LogP contribution in [0.5, 0.6) is 0 Å². The molecule has 4 rings (SSSR count). The number of halogens is 1. The Bertz CT molecular complexity index is 1260. The van der Waals surface area contributed by atoms with Crippen molar-refractivity contribution in [3.05, 3.63) is 24.8 Å². The Morgan fingerprint density at radius 3 is 2.73 bits per heavy atom. The van der Waals surface area contributed by atoms with Crippen LogP contribution >= 0.6 is 17.5 Å². The number of nitrogens with zero attached hydrogens (tertiary/aromatic N) is 4. The summed E-state index contributed by atoms with van der Waals surface area (Å²) in [6.45, 7) is 19.0. The quantitative estimate of drug-likeness (QED) is 0.193. The lowest BCUT2D eigenvalue weighted by Gasteiger charge is -2.38. The molecule has 0 aromatic carbocycles. The smallest absolute Gasteiger partial charge is 0.414 e. The second kappa shape index (κ2) is 11.9. The number of anilines is 1. The van der Waals surface area contributed by atoms with Crippen LogP contribution in [0.2, 0.25) is 18.1 Å². The van der Waals surface area contributed by atoms with Crippen LogP contribution in [0.15, 0.2) is 24.8 Å². The molecule has 0 radical (unpaired) electrons. The van der Waals surface area contributed by atoms with Gasteiger partial charge in [0.15, 0.2) is 38.3 Å². The molecule has 222 valence electrons. The standard InChI is InChI=1S/C26H42FN5O4PS2Si/c1-15(2)16-9-10-26(6,18(33)11-16)39-37(38)36-21-17(12-34-40(7,8)25(3,4)5)35-24(19(21)27)32-14-31-20-22(28)29-13-30-23(20)32/h13-14,16-19,21,24,33H,1,9-12H2,2-8H3,(H2,28,29,30)/q+1/t16-,17-,18+,19-,21-,24-,26+/m1/s1. The summed E-state index contributed by atoms with van der Waals surface area (Å²) in [5.41, 5.74) is 7.80. The molecule has 0 amide bonds. The highest BCUT2D eigenvalue weighted by Gasteiger charge is 2.54. The number of hydrogen-bond donors (Lipinski definition) is 2. The molecule has 40 heavy (non-hydrogen) atoms. The second-order valence-corrected chi connectivity index (χ2v) is 22.5. The van der Waals surface area contributed by atoms with Gasteiger partial charge >= 0.3 is 6.13 Å². The van der Waals surface area contributed by atoms with Gasteiger partial charge in [-0.15, -0.1) is 4.52 Å². The van der Waals surface area contributed by atoms with E-state index in [0.717, 1.165) is 18.4 Å². The normalized spacial score (nSPS) is 32.0. The van der Waals surface area contributed by atoms with E-state index in [0.29, 0.717) is 23.5 Å². The van der Waals surface area contributed by atoms with Gasteiger partial charge in [0.1, 0.15) is 29.3 Å². The van der Waals surface area contributed by atoms with Gasteiger partial charge in [-0.25, -0.2) is 19.3 Å². The van der Waals surface area contributed by atoms with Crippen LogP contribution in [0.3, 0.4) is 0 Å². The van der Waals surface area contributed by atoms with Crippen molar-refractivity contribution in [2.75, 3.05) is 12.3 Å². The lowest BCUT2D eigenvalue weighted by atomic mass is 9.77. The molecular weight excluding hydrogens is 589 g/mol. The molecule has 0 bridgehead atoms. The van der Waals surface area contributed by atoms with Crippen LogP contribution in [-0.2, 0) is 25.5 Å². The zero-order chi connectivity index (χ0) is 29.6. The van der Waals surface area contributed by atoms with Gasteiger partial charge in [0.05, 0.1) is 23.8 Å². The fourth-order valence-electron chi connectivity index (χ4n) is 4.85. The lowest BCUT2D eigenvalue weighted by molar-refractivity contribution is -0.0400. The fourth-order valence-corrected chi connectivity index (χ4v) is 11.0. The Morgan fingerprint density at radius 1 is 1.40 bits per heavy atom. The van der Waals surface area contributed by atoms with Gasteiger partial charge < -0.3 is 20.0 Å². The number of nitrogen functional groups attached to an aromatic ring is 1. The van der Waals surface area contributed by atoms with Crippen molar-refractivity contribution >= 4 is 54.6 Å². The van der Waals surface area contributed by atoms with Crippen molar-refractivity contribution in [3.63, 3.8) is 0 Å². The molecular formula is C26H42FN5O4PS2Si+. The number of nitrogens with two attached hydrogens (primary N) is 1. The largest absolute Gasteiger partial charge is 0.415 e. The molecule has 2 aromatic rings. The van der Waals surface area contributed by atoms with Crippen molar-refractivity contribution in [3.8, 4) is 0 Å². The average Bonchev–Trinajstić information content (AvgIpc) is 3.41. The molecule has 2 fully saturated rings. The van der Waals surface area contributed by atoms with E-state index in [1.165, 1.54) is 28.6 Å². The minimum absolute atomic E-state index is 0.0284. The Morgan fingerprint density at radius 2 is 2.10 bits per heavy atom. The van der Waals surface area contributed by atoms with E-state index in [1.807, 2.05) is 13.8 Å². The third-order valence-corrected chi connectivity index (χ3v) is 17.6. The Hall–Kier alpha value is -1.05. The van der Waals surface area contributed by atoms with Crippen LogP contribution in [0.25, 0.3) is 11.2 Å². The average molecular weight is 631 g/mol. The van der Waals surface area contributed by atoms with Crippen molar-refractivity contribution < 1.29 is 23.2 Å². The highest BCUT2D eigenvalue weighted by Crippen LogP contribution is 2.56. The number of imidazole rings is 1. The molecule has 3 heterocycles. The molecule has 8 atom stereocenters. The van der Waals surface area contributed by atoms with E-state index >= 15 is 4.39 Å². The first-order chi connectivity index (χ1) is 18.5. The van der Waals surface area contributed by atoms with Crippen molar-refractivity contribution in [1.29, 1.82) is 0 Å². The van der Waals surface area contributed by atoms with E-state index in [2.05, 4.69) is 55.4 Å². The van der Waals surface area contributed by atoms with Gasteiger partial charge in [-0.3, -0.25) is 4.57 Å². The number of rotatable bonds is 9. The molecule has 2 aliphatic rings. The first-order valence-corrected chi connectivity index (χ1v) is 20.2. The number of aromatic nitrogens is 4. The molecule has 9 nitrogen and oxygen atoms in total. The van der Waals surface area contributed by atoms with E-state index < -0.39 is 49.9 Å². The summed E-state index contributed by atoms with van der Waals surface area (Å²) in [5, 5.41) is 11.0. The Balaban J connectivity index is 1.55. The maximum absolute atomic E-state index is 16.3. The fraction of sp³-hybridized carbons (Fsp3) is 0.731. The highest BCUT2D eigenvalue weighted by molar-refractivity contribution is 8.63. The van der Waals surface area contributed by atoms with Crippen LogP contribution in [0.1, 0.15) is 60.1 Å². The second-order valence-electron chi connectivity index (χ2n) is 12.7. The number of fused-ring (bicyclic) bond motifs is 1. The predicted molar refractivity (Wildman–Crippen MR) is 165 cm³/mol. The summed E-state index contributed by atoms with van der Waals surface area (Å²) in [6, 6.07) is 0. The third kappa shape index (κ3) is 6.46. The maximum Gasteiger partial charge on any atom is 0.415 e. The van der Waals surface area contributed by atoms with Gasteiger partial charge in [0.25, 0.3) is 0 Å². The molecule has 1 unspecified atom stereocenters. The van der Waals surface area contributed by atoms with Gasteiger partial charge in [0, 0.05) is 0 Å². The Labute approximate surface area is 247 Å². The Kier molecular flexibility index (Phi) is 9.49. The van der Waals surface area contributed by atoms with Crippen LogP contribution in [-0.4, -0.2) is 68.8 Å². The number of aliphatic hydroxyl groups is 1. The first kappa shape index (κ1) is 31.9. The zero-order valence-corrected chi connectivity index (χ0v) is 27.9. The number of aliphatic hydroxyl groups excluding tert-OH is 1. The molecule has 0 spiro atoms.